The first-order chi connectivity index (χ1) is 19.5. The molecular formula is C32H36FNO6S. The van der Waals surface area contributed by atoms with Gasteiger partial charge in [0.25, 0.3) is 10.1 Å². The number of ether oxygens (including phenoxy) is 1. The largest absolute Gasteiger partial charge is 0.496 e. The molecule has 1 N–H and O–H groups in total. The average molecular weight is 582 g/mol. The highest BCUT2D eigenvalue weighted by Gasteiger charge is 2.54. The average Bonchev–Trinajstić information content (AvgIpc) is 3.41. The quantitative estimate of drug-likeness (QED) is 0.376. The molecule has 1 heterocycles. The minimum absolute atomic E-state index is 0.0594. The molecule has 3 aromatic rings. The molecule has 0 aromatic heterocycles. The Morgan fingerprint density at radius 3 is 2.46 bits per heavy atom. The first kappa shape index (κ1) is 29.2. The smallest absolute Gasteiger partial charge is 0.296 e. The maximum atomic E-state index is 15.1. The molecular weight excluding hydrogens is 545 g/mol. The molecule has 1 aliphatic carbocycles. The maximum absolute atomic E-state index is 15.1. The Bertz CT molecular complexity index is 1510. The number of carbonyl (C=O) groups excluding carboxylic acids is 1. The van der Waals surface area contributed by atoms with Crippen molar-refractivity contribution < 1.29 is 31.6 Å². The van der Waals surface area contributed by atoms with Gasteiger partial charge in [0, 0.05) is 30.1 Å². The van der Waals surface area contributed by atoms with Gasteiger partial charge in [-0.25, -0.2) is 4.39 Å². The van der Waals surface area contributed by atoms with Crippen LogP contribution in [-0.2, 0) is 24.7 Å². The highest BCUT2D eigenvalue weighted by Crippen LogP contribution is 2.51. The van der Waals surface area contributed by atoms with E-state index >= 15 is 4.39 Å². The molecule has 1 amide bonds. The Labute approximate surface area is 241 Å². The summed E-state index contributed by atoms with van der Waals surface area (Å²) in [6, 6.07) is 19.9. The third-order valence-electron chi connectivity index (χ3n) is 8.69. The van der Waals surface area contributed by atoms with E-state index in [2.05, 4.69) is 0 Å². The number of nitrogens with zero attached hydrogens (tertiary/aromatic N) is 1. The van der Waals surface area contributed by atoms with E-state index in [0.29, 0.717) is 18.7 Å². The van der Waals surface area contributed by atoms with Crippen molar-refractivity contribution >= 4 is 16.0 Å². The molecule has 41 heavy (non-hydrogen) atoms. The van der Waals surface area contributed by atoms with Crippen LogP contribution in [0.1, 0.15) is 42.4 Å². The number of likely N-dealkylation sites (tertiary alicyclic amines) is 1. The van der Waals surface area contributed by atoms with Crippen molar-refractivity contribution in [1.29, 1.82) is 0 Å². The summed E-state index contributed by atoms with van der Waals surface area (Å²) in [5, 5.41) is 12.2. The van der Waals surface area contributed by atoms with Gasteiger partial charge in [-0.1, -0.05) is 54.1 Å². The van der Waals surface area contributed by atoms with Gasteiger partial charge in [-0.3, -0.25) is 8.98 Å². The minimum atomic E-state index is -4.01. The standard InChI is InChI=1S/C32H36FNO6S/c1-21-12-14-25(15-13-21)41(37,38)40-20-23-16-24-18-34(31(35)22(2)26-8-4-7-11-30(26)39-3)19-28(24)32(36,17-23)27-9-5-6-10-29(27)33/h4-15,22-24,28,36H,16-20H2,1-3H3/t22-,23-,24-,28+,32+/m0/s1. The fourth-order valence-corrected chi connectivity index (χ4v) is 7.55. The van der Waals surface area contributed by atoms with E-state index in [1.807, 2.05) is 38.1 Å². The van der Waals surface area contributed by atoms with Gasteiger partial charge >= 0.3 is 0 Å². The van der Waals surface area contributed by atoms with Crippen LogP contribution in [0.4, 0.5) is 4.39 Å². The highest BCUT2D eigenvalue weighted by atomic mass is 32.2. The predicted molar refractivity (Wildman–Crippen MR) is 152 cm³/mol. The molecule has 5 rings (SSSR count). The van der Waals surface area contributed by atoms with E-state index in [4.69, 9.17) is 8.92 Å². The van der Waals surface area contributed by atoms with Crippen LogP contribution in [0.5, 0.6) is 5.75 Å². The number of hydrogen-bond donors (Lipinski definition) is 1. The number of aryl methyl sites for hydroxylation is 1. The highest BCUT2D eigenvalue weighted by molar-refractivity contribution is 7.86. The van der Waals surface area contributed by atoms with Crippen molar-refractivity contribution in [2.24, 2.45) is 17.8 Å². The Balaban J connectivity index is 1.40. The molecule has 5 atom stereocenters. The van der Waals surface area contributed by atoms with Crippen LogP contribution < -0.4 is 4.74 Å². The number of halogens is 1. The van der Waals surface area contributed by atoms with E-state index in [1.165, 1.54) is 18.2 Å². The Morgan fingerprint density at radius 1 is 1.07 bits per heavy atom. The molecule has 0 spiro atoms. The van der Waals surface area contributed by atoms with Crippen LogP contribution in [0.15, 0.2) is 77.7 Å². The van der Waals surface area contributed by atoms with Gasteiger partial charge in [0.15, 0.2) is 0 Å². The lowest BCUT2D eigenvalue weighted by Crippen LogP contribution is -2.47. The van der Waals surface area contributed by atoms with Crippen LogP contribution in [0, 0.1) is 30.5 Å². The molecule has 0 bridgehead atoms. The summed E-state index contributed by atoms with van der Waals surface area (Å²) in [6.07, 6.45) is 0.653. The lowest BCUT2D eigenvalue weighted by molar-refractivity contribution is -0.132. The first-order valence-electron chi connectivity index (χ1n) is 13.9. The van der Waals surface area contributed by atoms with Gasteiger partial charge in [-0.05, 0) is 62.8 Å². The van der Waals surface area contributed by atoms with Gasteiger partial charge < -0.3 is 14.7 Å². The summed E-state index contributed by atoms with van der Waals surface area (Å²) in [6.45, 7) is 4.19. The molecule has 218 valence electrons. The summed E-state index contributed by atoms with van der Waals surface area (Å²) in [5.41, 5.74) is 0.260. The minimum Gasteiger partial charge on any atom is -0.496 e. The predicted octanol–water partition coefficient (Wildman–Crippen LogP) is 5.02. The van der Waals surface area contributed by atoms with Crippen LogP contribution in [0.3, 0.4) is 0 Å². The van der Waals surface area contributed by atoms with Gasteiger partial charge in [0.2, 0.25) is 5.91 Å². The number of amides is 1. The lowest BCUT2D eigenvalue weighted by atomic mass is 9.64. The normalized spacial score (nSPS) is 25.0. The van der Waals surface area contributed by atoms with Crippen LogP contribution in [-0.4, -0.2) is 51.1 Å². The van der Waals surface area contributed by atoms with Gasteiger partial charge in [0.1, 0.15) is 11.6 Å². The number of benzene rings is 3. The Hall–Kier alpha value is -3.27. The molecule has 0 unspecified atom stereocenters. The first-order valence-corrected chi connectivity index (χ1v) is 15.3. The Morgan fingerprint density at radius 2 is 1.76 bits per heavy atom. The molecule has 1 saturated heterocycles. The number of carbonyl (C=O) groups is 1. The lowest BCUT2D eigenvalue weighted by Gasteiger charge is -2.44. The second kappa shape index (κ2) is 11.5. The van der Waals surface area contributed by atoms with Crippen molar-refractivity contribution in [2.75, 3.05) is 26.8 Å². The molecule has 2 aliphatic rings. The zero-order valence-corrected chi connectivity index (χ0v) is 24.3. The zero-order valence-electron chi connectivity index (χ0n) is 23.5. The van der Waals surface area contributed by atoms with E-state index in [-0.39, 0.29) is 47.8 Å². The fourth-order valence-electron chi connectivity index (χ4n) is 6.57. The van der Waals surface area contributed by atoms with Crippen molar-refractivity contribution in [1.82, 2.24) is 4.90 Å². The van der Waals surface area contributed by atoms with Crippen molar-refractivity contribution in [2.45, 2.75) is 43.1 Å². The van der Waals surface area contributed by atoms with E-state index in [1.54, 1.807) is 42.3 Å². The fraction of sp³-hybridized carbons (Fsp3) is 0.406. The number of methoxy groups -OCH3 is 1. The van der Waals surface area contributed by atoms with E-state index in [0.717, 1.165) is 11.1 Å². The number of fused-ring (bicyclic) bond motifs is 1. The molecule has 3 aromatic carbocycles. The van der Waals surface area contributed by atoms with Crippen LogP contribution >= 0.6 is 0 Å². The third kappa shape index (κ3) is 5.76. The second-order valence-corrected chi connectivity index (χ2v) is 13.0. The number of rotatable bonds is 8. The molecule has 0 radical (unpaired) electrons. The van der Waals surface area contributed by atoms with Gasteiger partial charge in [-0.2, -0.15) is 8.42 Å². The maximum Gasteiger partial charge on any atom is 0.296 e. The second-order valence-electron chi connectivity index (χ2n) is 11.3. The Kier molecular flexibility index (Phi) is 8.23. The summed E-state index contributed by atoms with van der Waals surface area (Å²) >= 11 is 0. The summed E-state index contributed by atoms with van der Waals surface area (Å²) in [5.74, 6) is -1.45. The van der Waals surface area contributed by atoms with Crippen molar-refractivity contribution in [3.63, 3.8) is 0 Å². The molecule has 1 saturated carbocycles. The number of para-hydroxylation sites is 1. The van der Waals surface area contributed by atoms with Crippen LogP contribution in [0.2, 0.25) is 0 Å². The molecule has 9 heteroatoms. The van der Waals surface area contributed by atoms with Crippen molar-refractivity contribution in [3.05, 3.63) is 95.3 Å². The summed E-state index contributed by atoms with van der Waals surface area (Å²) < 4.78 is 51.9. The number of hydrogen-bond acceptors (Lipinski definition) is 6. The summed E-state index contributed by atoms with van der Waals surface area (Å²) in [4.78, 5) is 15.5. The topological polar surface area (TPSA) is 93.1 Å². The van der Waals surface area contributed by atoms with Crippen molar-refractivity contribution in [3.8, 4) is 5.75 Å². The third-order valence-corrected chi connectivity index (χ3v) is 9.98. The zero-order chi connectivity index (χ0) is 29.4. The molecule has 2 fully saturated rings. The van der Waals surface area contributed by atoms with E-state index in [9.17, 15) is 18.3 Å². The monoisotopic (exact) mass is 581 g/mol. The van der Waals surface area contributed by atoms with Gasteiger partial charge in [-0.15, -0.1) is 0 Å². The SMILES string of the molecule is COc1ccccc1[C@H](C)C(=O)N1C[C@@H]2C[C@H](COS(=O)(=O)c3ccc(C)cc3)C[C@@](O)(c3ccccc3F)[C@@H]2C1. The molecule has 1 aliphatic heterocycles. The summed E-state index contributed by atoms with van der Waals surface area (Å²) in [7, 11) is -2.45. The van der Waals surface area contributed by atoms with E-state index < -0.39 is 33.4 Å². The number of aliphatic hydroxyl groups is 1. The van der Waals surface area contributed by atoms with Crippen LogP contribution in [0.25, 0.3) is 0 Å². The molecule has 7 nitrogen and oxygen atoms in total. The van der Waals surface area contributed by atoms with Gasteiger partial charge in [0.05, 0.1) is 30.1 Å².